The van der Waals surface area contributed by atoms with Gasteiger partial charge in [0.1, 0.15) is 16.6 Å². The summed E-state index contributed by atoms with van der Waals surface area (Å²) in [5.74, 6) is -12.3. The summed E-state index contributed by atoms with van der Waals surface area (Å²) < 4.78 is 67.2. The first-order valence-corrected chi connectivity index (χ1v) is 8.45. The molecule has 0 bridgehead atoms. The lowest BCUT2D eigenvalue weighted by molar-refractivity contribution is 0.101. The van der Waals surface area contributed by atoms with Gasteiger partial charge >= 0.3 is 0 Å². The predicted molar refractivity (Wildman–Crippen MR) is 84.4 cm³/mol. The number of nitrogens with one attached hydrogen (secondary N) is 1. The predicted octanol–water partition coefficient (Wildman–Crippen LogP) is 4.69. The number of benzene rings is 1. The van der Waals surface area contributed by atoms with Gasteiger partial charge in [0.15, 0.2) is 23.3 Å². The standard InChI is InChI=1S/C17H11F5N2OS/c1-6-2-3-7-8(5-23)17(26-9(7)4-6)24-16(25)10-11(18)13(20)15(22)14(21)12(10)19/h6H,2-4H2,1H3,(H,24,25)/t6-/m0/s1. The molecule has 9 heteroatoms. The Morgan fingerprint density at radius 2 is 1.69 bits per heavy atom. The number of nitriles is 1. The summed E-state index contributed by atoms with van der Waals surface area (Å²) in [6.45, 7) is 2.03. The summed E-state index contributed by atoms with van der Waals surface area (Å²) in [7, 11) is 0. The van der Waals surface area contributed by atoms with Crippen LogP contribution in [0, 0.1) is 46.3 Å². The van der Waals surface area contributed by atoms with Crippen molar-refractivity contribution < 1.29 is 26.7 Å². The van der Waals surface area contributed by atoms with Crippen molar-refractivity contribution in [1.29, 1.82) is 5.26 Å². The van der Waals surface area contributed by atoms with Crippen molar-refractivity contribution >= 4 is 22.2 Å². The van der Waals surface area contributed by atoms with E-state index < -0.39 is 40.6 Å². The average Bonchev–Trinajstić information content (AvgIpc) is 2.94. The van der Waals surface area contributed by atoms with Gasteiger partial charge < -0.3 is 5.32 Å². The van der Waals surface area contributed by atoms with Crippen molar-refractivity contribution in [2.75, 3.05) is 5.32 Å². The van der Waals surface area contributed by atoms with E-state index in [9.17, 15) is 32.0 Å². The molecule has 0 saturated heterocycles. The minimum Gasteiger partial charge on any atom is -0.312 e. The van der Waals surface area contributed by atoms with E-state index in [1.54, 1.807) is 0 Å². The molecule has 0 fully saturated rings. The van der Waals surface area contributed by atoms with Gasteiger partial charge in [0.25, 0.3) is 5.91 Å². The number of amides is 1. The van der Waals surface area contributed by atoms with Crippen LogP contribution < -0.4 is 5.32 Å². The van der Waals surface area contributed by atoms with Gasteiger partial charge in [-0.15, -0.1) is 11.3 Å². The first kappa shape index (κ1) is 18.3. The van der Waals surface area contributed by atoms with Gasteiger partial charge in [-0.2, -0.15) is 5.26 Å². The summed E-state index contributed by atoms with van der Waals surface area (Å²) >= 11 is 1.08. The molecule has 1 N–H and O–H groups in total. The van der Waals surface area contributed by atoms with Crippen LogP contribution in [0.4, 0.5) is 27.0 Å². The molecule has 1 atom stereocenters. The first-order chi connectivity index (χ1) is 12.3. The molecule has 136 valence electrons. The fourth-order valence-electron chi connectivity index (χ4n) is 2.93. The fourth-order valence-corrected chi connectivity index (χ4v) is 4.28. The Hall–Kier alpha value is -2.47. The Balaban J connectivity index is 2.02. The fraction of sp³-hybridized carbons (Fsp3) is 0.294. The number of anilines is 1. The normalized spacial score (nSPS) is 16.1. The molecule has 1 aromatic heterocycles. The van der Waals surface area contributed by atoms with Gasteiger partial charge in [-0.1, -0.05) is 6.92 Å². The van der Waals surface area contributed by atoms with Crippen LogP contribution in [0.15, 0.2) is 0 Å². The van der Waals surface area contributed by atoms with E-state index in [0.29, 0.717) is 18.8 Å². The average molecular weight is 386 g/mol. The number of nitrogens with zero attached hydrogens (tertiary/aromatic N) is 1. The van der Waals surface area contributed by atoms with Crippen molar-refractivity contribution in [3.05, 3.63) is 50.7 Å². The molecular formula is C17H11F5N2OS. The minimum absolute atomic E-state index is 0.0422. The Morgan fingerprint density at radius 3 is 2.27 bits per heavy atom. The second-order valence-corrected chi connectivity index (χ2v) is 7.17. The van der Waals surface area contributed by atoms with E-state index in [4.69, 9.17) is 0 Å². The van der Waals surface area contributed by atoms with E-state index >= 15 is 0 Å². The van der Waals surface area contributed by atoms with E-state index in [1.165, 1.54) is 0 Å². The zero-order valence-corrected chi connectivity index (χ0v) is 14.2. The molecule has 0 radical (unpaired) electrons. The molecular weight excluding hydrogens is 375 g/mol. The lowest BCUT2D eigenvalue weighted by Crippen LogP contribution is -2.19. The molecule has 0 aliphatic heterocycles. The summed E-state index contributed by atoms with van der Waals surface area (Å²) in [4.78, 5) is 13.0. The highest BCUT2D eigenvalue weighted by molar-refractivity contribution is 7.16. The Kier molecular flexibility index (Phi) is 4.71. The van der Waals surface area contributed by atoms with E-state index in [-0.39, 0.29) is 10.6 Å². The van der Waals surface area contributed by atoms with Crippen LogP contribution in [0.25, 0.3) is 0 Å². The van der Waals surface area contributed by atoms with Crippen LogP contribution in [0.5, 0.6) is 0 Å². The molecule has 0 saturated carbocycles. The molecule has 1 amide bonds. The van der Waals surface area contributed by atoms with Crippen LogP contribution in [0.2, 0.25) is 0 Å². The molecule has 0 spiro atoms. The zero-order chi connectivity index (χ0) is 19.2. The van der Waals surface area contributed by atoms with Crippen LogP contribution in [-0.2, 0) is 12.8 Å². The topological polar surface area (TPSA) is 52.9 Å². The van der Waals surface area contributed by atoms with E-state index in [1.807, 2.05) is 13.0 Å². The lowest BCUT2D eigenvalue weighted by Gasteiger charge is -2.17. The highest BCUT2D eigenvalue weighted by Gasteiger charge is 2.31. The highest BCUT2D eigenvalue weighted by atomic mass is 32.1. The maximum Gasteiger partial charge on any atom is 0.262 e. The number of carbonyl (C=O) groups excluding carboxylic acids is 1. The van der Waals surface area contributed by atoms with Gasteiger partial charge in [-0.05, 0) is 30.7 Å². The number of hydrogen-bond donors (Lipinski definition) is 1. The molecule has 3 rings (SSSR count). The van der Waals surface area contributed by atoms with E-state index in [0.717, 1.165) is 28.2 Å². The summed E-state index contributed by atoms with van der Waals surface area (Å²) in [6, 6.07) is 1.94. The summed E-state index contributed by atoms with van der Waals surface area (Å²) in [5.41, 5.74) is -0.664. The molecule has 26 heavy (non-hydrogen) atoms. The van der Waals surface area contributed by atoms with Gasteiger partial charge in [-0.3, -0.25) is 4.79 Å². The quantitative estimate of drug-likeness (QED) is 0.462. The third-order valence-electron chi connectivity index (χ3n) is 4.29. The van der Waals surface area contributed by atoms with Gasteiger partial charge in [0.2, 0.25) is 5.82 Å². The van der Waals surface area contributed by atoms with Crippen molar-refractivity contribution in [3.63, 3.8) is 0 Å². The second kappa shape index (κ2) is 6.68. The second-order valence-electron chi connectivity index (χ2n) is 6.07. The van der Waals surface area contributed by atoms with Crippen LogP contribution in [0.1, 0.15) is 39.7 Å². The van der Waals surface area contributed by atoms with Gasteiger partial charge in [0.05, 0.1) is 5.56 Å². The Labute approximate surface area is 149 Å². The highest BCUT2D eigenvalue weighted by Crippen LogP contribution is 2.39. The summed E-state index contributed by atoms with van der Waals surface area (Å²) in [5, 5.41) is 11.5. The summed E-state index contributed by atoms with van der Waals surface area (Å²) in [6.07, 6.45) is 2.16. The molecule has 1 aliphatic rings. The van der Waals surface area contributed by atoms with Crippen molar-refractivity contribution in [2.24, 2.45) is 5.92 Å². The van der Waals surface area contributed by atoms with Crippen molar-refractivity contribution in [3.8, 4) is 6.07 Å². The first-order valence-electron chi connectivity index (χ1n) is 7.63. The van der Waals surface area contributed by atoms with Crippen molar-refractivity contribution in [1.82, 2.24) is 0 Å². The smallest absolute Gasteiger partial charge is 0.262 e. The number of thiophene rings is 1. The molecule has 1 aliphatic carbocycles. The maximum atomic E-state index is 13.8. The number of hydrogen-bond acceptors (Lipinski definition) is 3. The molecule has 0 unspecified atom stereocenters. The number of carbonyl (C=O) groups is 1. The minimum atomic E-state index is -2.34. The number of fused-ring (bicyclic) bond motifs is 1. The molecule has 2 aromatic rings. The monoisotopic (exact) mass is 386 g/mol. The Bertz CT molecular complexity index is 934. The SMILES string of the molecule is C[C@H]1CCc2c(sc(NC(=O)c3c(F)c(F)c(F)c(F)c3F)c2C#N)C1. The molecule has 1 heterocycles. The van der Waals surface area contributed by atoms with Gasteiger partial charge in [-0.25, -0.2) is 22.0 Å². The largest absolute Gasteiger partial charge is 0.312 e. The Morgan fingerprint density at radius 1 is 1.12 bits per heavy atom. The lowest BCUT2D eigenvalue weighted by atomic mass is 9.88. The number of rotatable bonds is 2. The van der Waals surface area contributed by atoms with Crippen LogP contribution in [0.3, 0.4) is 0 Å². The third-order valence-corrected chi connectivity index (χ3v) is 5.46. The van der Waals surface area contributed by atoms with E-state index in [2.05, 4.69) is 5.32 Å². The molecule has 3 nitrogen and oxygen atoms in total. The van der Waals surface area contributed by atoms with Crippen LogP contribution in [-0.4, -0.2) is 5.91 Å². The molecule has 1 aromatic carbocycles. The van der Waals surface area contributed by atoms with Gasteiger partial charge in [0, 0.05) is 4.88 Å². The third kappa shape index (κ3) is 2.84. The van der Waals surface area contributed by atoms with Crippen molar-refractivity contribution in [2.45, 2.75) is 26.2 Å². The number of halogens is 5. The maximum absolute atomic E-state index is 13.8. The van der Waals surface area contributed by atoms with Crippen LogP contribution >= 0.6 is 11.3 Å². The zero-order valence-electron chi connectivity index (χ0n) is 13.4.